The van der Waals surface area contributed by atoms with Crippen molar-refractivity contribution in [3.8, 4) is 0 Å². The van der Waals surface area contributed by atoms with E-state index < -0.39 is 0 Å². The summed E-state index contributed by atoms with van der Waals surface area (Å²) in [4.78, 5) is 11.9. The molecule has 0 spiro atoms. The Labute approximate surface area is 188 Å². The van der Waals surface area contributed by atoms with Crippen LogP contribution < -0.4 is 11.5 Å². The van der Waals surface area contributed by atoms with Gasteiger partial charge in [-0.2, -0.15) is 0 Å². The lowest BCUT2D eigenvalue weighted by Gasteiger charge is -2.28. The van der Waals surface area contributed by atoms with Crippen molar-refractivity contribution in [2.24, 2.45) is 0 Å². The summed E-state index contributed by atoms with van der Waals surface area (Å²) in [5.74, 6) is 0.201. The van der Waals surface area contributed by atoms with Gasteiger partial charge in [-0.3, -0.25) is 4.79 Å². The maximum atomic E-state index is 11.9. The van der Waals surface area contributed by atoms with Crippen molar-refractivity contribution in [3.05, 3.63) is 0 Å². The van der Waals surface area contributed by atoms with Crippen LogP contribution in [0.1, 0.15) is 116 Å². The van der Waals surface area contributed by atoms with Crippen molar-refractivity contribution in [3.63, 3.8) is 0 Å². The molecule has 0 rings (SSSR count). The van der Waals surface area contributed by atoms with Crippen molar-refractivity contribution in [1.82, 2.24) is 11.5 Å². The first-order chi connectivity index (χ1) is 14.0. The van der Waals surface area contributed by atoms with Gasteiger partial charge >= 0.3 is 0 Å². The summed E-state index contributed by atoms with van der Waals surface area (Å²) < 4.78 is 0.811. The van der Waals surface area contributed by atoms with E-state index in [2.05, 4.69) is 26.3 Å². The van der Waals surface area contributed by atoms with Gasteiger partial charge < -0.3 is 21.1 Å². The van der Waals surface area contributed by atoms with Gasteiger partial charge in [0.1, 0.15) is 6.54 Å². The topological polar surface area (TPSA) is 84.3 Å². The number of carbonyl (C=O) groups excluding carboxylic acids is 1. The number of amides is 1. The zero-order valence-electron chi connectivity index (χ0n) is 20.9. The van der Waals surface area contributed by atoms with Gasteiger partial charge in [-0.05, 0) is 6.42 Å². The third-order valence-electron chi connectivity index (χ3n) is 5.98. The van der Waals surface area contributed by atoms with Crippen molar-refractivity contribution in [2.45, 2.75) is 116 Å². The number of likely N-dealkylation sites (N-methyl/N-ethyl adjacent to an activating group) is 1. The lowest BCUT2D eigenvalue weighted by Crippen LogP contribution is -2.43. The minimum Gasteiger partial charge on any atom is -0.391 e. The van der Waals surface area contributed by atoms with Crippen molar-refractivity contribution >= 4 is 5.91 Å². The molecular weight excluding hydrogens is 374 g/mol. The van der Waals surface area contributed by atoms with E-state index >= 15 is 0 Å². The molecule has 30 heavy (non-hydrogen) atoms. The average Bonchev–Trinajstić information content (AvgIpc) is 2.68. The average molecular weight is 431 g/mol. The Morgan fingerprint density at radius 3 is 1.57 bits per heavy atom. The monoisotopic (exact) mass is 430 g/mol. The van der Waals surface area contributed by atoms with Crippen LogP contribution in [-0.4, -0.2) is 55.8 Å². The first-order valence-corrected chi connectivity index (χ1v) is 12.7. The van der Waals surface area contributed by atoms with Crippen molar-refractivity contribution in [2.75, 3.05) is 40.3 Å². The van der Waals surface area contributed by atoms with Crippen LogP contribution in [0.2, 0.25) is 0 Å². The molecule has 5 heteroatoms. The SMILES string of the molecule is CCCCCCCCCCCCCCCCCC(=O)NCCC[N+](C)(C)CCO.N. The zero-order valence-corrected chi connectivity index (χ0v) is 20.9. The molecule has 5 nitrogen and oxygen atoms in total. The Morgan fingerprint density at radius 2 is 1.13 bits per heavy atom. The Balaban J connectivity index is 0. The second kappa shape index (κ2) is 23.0. The smallest absolute Gasteiger partial charge is 0.219 e. The summed E-state index contributed by atoms with van der Waals surface area (Å²) in [6, 6.07) is 0. The predicted octanol–water partition coefficient (Wildman–Crippen LogP) is 5.98. The van der Waals surface area contributed by atoms with E-state index in [1.165, 1.54) is 89.9 Å². The Kier molecular flexibility index (Phi) is 24.2. The van der Waals surface area contributed by atoms with Crippen molar-refractivity contribution < 1.29 is 14.4 Å². The van der Waals surface area contributed by atoms with Crippen LogP contribution in [0, 0.1) is 0 Å². The largest absolute Gasteiger partial charge is 0.391 e. The van der Waals surface area contributed by atoms with E-state index in [1.807, 2.05) is 0 Å². The first kappa shape index (κ1) is 31.5. The highest BCUT2D eigenvalue weighted by Crippen LogP contribution is 2.13. The Bertz CT molecular complexity index is 362. The summed E-state index contributed by atoms with van der Waals surface area (Å²) in [7, 11) is 4.24. The molecule has 0 fully saturated rings. The highest BCUT2D eigenvalue weighted by atomic mass is 16.3. The van der Waals surface area contributed by atoms with Gasteiger partial charge in [-0.1, -0.05) is 96.8 Å². The highest BCUT2D eigenvalue weighted by Gasteiger charge is 2.13. The van der Waals surface area contributed by atoms with Gasteiger partial charge in [0.25, 0.3) is 0 Å². The number of nitrogens with zero attached hydrogens (tertiary/aromatic N) is 1. The van der Waals surface area contributed by atoms with E-state index in [0.29, 0.717) is 6.42 Å². The third kappa shape index (κ3) is 23.6. The fraction of sp³-hybridized carbons (Fsp3) is 0.960. The number of unbranched alkanes of at least 4 members (excludes halogenated alkanes) is 14. The third-order valence-corrected chi connectivity index (χ3v) is 5.98. The lowest BCUT2D eigenvalue weighted by molar-refractivity contribution is -0.890. The van der Waals surface area contributed by atoms with E-state index in [-0.39, 0.29) is 18.7 Å². The van der Waals surface area contributed by atoms with E-state index in [1.54, 1.807) is 0 Å². The molecule has 0 saturated heterocycles. The second-order valence-corrected chi connectivity index (χ2v) is 9.51. The van der Waals surface area contributed by atoms with Crippen LogP contribution >= 0.6 is 0 Å². The highest BCUT2D eigenvalue weighted by molar-refractivity contribution is 5.75. The summed E-state index contributed by atoms with van der Waals surface area (Å²) in [6.45, 7) is 5.01. The molecule has 5 N–H and O–H groups in total. The van der Waals surface area contributed by atoms with Crippen LogP contribution in [-0.2, 0) is 4.79 Å². The molecule has 0 aliphatic carbocycles. The van der Waals surface area contributed by atoms with Gasteiger partial charge in [0.15, 0.2) is 0 Å². The van der Waals surface area contributed by atoms with Crippen LogP contribution in [0.5, 0.6) is 0 Å². The van der Waals surface area contributed by atoms with Crippen LogP contribution in [0.3, 0.4) is 0 Å². The molecule has 0 aliphatic rings. The quantitative estimate of drug-likeness (QED) is 0.146. The van der Waals surface area contributed by atoms with Crippen LogP contribution in [0.25, 0.3) is 0 Å². The van der Waals surface area contributed by atoms with Gasteiger partial charge in [-0.15, -0.1) is 0 Å². The molecule has 0 saturated carbocycles. The normalized spacial score (nSPS) is 11.3. The van der Waals surface area contributed by atoms with E-state index in [0.717, 1.165) is 37.0 Å². The molecule has 0 aromatic rings. The number of hydrogen-bond acceptors (Lipinski definition) is 3. The zero-order chi connectivity index (χ0) is 21.6. The molecule has 0 atom stereocenters. The van der Waals surface area contributed by atoms with Gasteiger partial charge in [0, 0.05) is 19.4 Å². The molecule has 0 aliphatic heterocycles. The van der Waals surface area contributed by atoms with Crippen molar-refractivity contribution in [1.29, 1.82) is 0 Å². The number of aliphatic hydroxyl groups is 1. The van der Waals surface area contributed by atoms with E-state index in [4.69, 9.17) is 5.11 Å². The van der Waals surface area contributed by atoms with Crippen LogP contribution in [0.4, 0.5) is 0 Å². The van der Waals surface area contributed by atoms with E-state index in [9.17, 15) is 4.79 Å². The van der Waals surface area contributed by atoms with Gasteiger partial charge in [-0.25, -0.2) is 0 Å². The maximum absolute atomic E-state index is 11.9. The lowest BCUT2D eigenvalue weighted by atomic mass is 10.0. The molecule has 0 aromatic heterocycles. The molecule has 0 unspecified atom stereocenters. The summed E-state index contributed by atoms with van der Waals surface area (Å²) in [5, 5.41) is 12.1. The molecule has 182 valence electrons. The molecular formula is C25H56N3O2+. The molecule has 0 heterocycles. The summed E-state index contributed by atoms with van der Waals surface area (Å²) in [5.41, 5.74) is 0. The molecule has 0 radical (unpaired) electrons. The molecule has 0 bridgehead atoms. The standard InChI is InChI=1S/C25H52N2O2.H3N/c1-4-5-6-7-8-9-10-11-12-13-14-15-16-17-18-20-25(29)26-21-19-22-27(2,3)23-24-28;/h28H,4-24H2,1-3H3;1H3/p+1. The molecule has 1 amide bonds. The number of hydrogen-bond donors (Lipinski definition) is 3. The van der Waals surface area contributed by atoms with Gasteiger partial charge in [0.2, 0.25) is 5.91 Å². The number of nitrogens with one attached hydrogen (secondary N) is 1. The minimum absolute atomic E-state index is 0. The maximum Gasteiger partial charge on any atom is 0.219 e. The fourth-order valence-electron chi connectivity index (χ4n) is 3.86. The number of quaternary nitrogens is 1. The molecule has 0 aromatic carbocycles. The summed E-state index contributed by atoms with van der Waals surface area (Å²) >= 11 is 0. The first-order valence-electron chi connectivity index (χ1n) is 12.7. The van der Waals surface area contributed by atoms with Crippen LogP contribution in [0.15, 0.2) is 0 Å². The minimum atomic E-state index is 0. The number of aliphatic hydroxyl groups excluding tert-OH is 1. The Hall–Kier alpha value is -0.650. The predicted molar refractivity (Wildman–Crippen MR) is 131 cm³/mol. The summed E-state index contributed by atoms with van der Waals surface area (Å²) in [6.07, 6.45) is 22.0. The van der Waals surface area contributed by atoms with Gasteiger partial charge in [0.05, 0.1) is 27.2 Å². The Morgan fingerprint density at radius 1 is 0.700 bits per heavy atom. The number of carbonyl (C=O) groups is 1. The fourth-order valence-corrected chi connectivity index (χ4v) is 3.86. The number of rotatable bonds is 22. The second-order valence-electron chi connectivity index (χ2n) is 9.51.